The molecule has 1 saturated carbocycles. The van der Waals surface area contributed by atoms with Gasteiger partial charge in [-0.05, 0) is 42.9 Å². The number of rotatable bonds is 3. The van der Waals surface area contributed by atoms with E-state index in [0.29, 0.717) is 17.8 Å². The number of amides is 1. The highest BCUT2D eigenvalue weighted by Crippen LogP contribution is 2.42. The second-order valence-corrected chi connectivity index (χ2v) is 5.17. The number of hydrogen-bond donors (Lipinski definition) is 1. The van der Waals surface area contributed by atoms with Crippen molar-refractivity contribution in [3.05, 3.63) is 47.8 Å². The Hall–Kier alpha value is -1.97. The standard InChI is InChI=1S/C15H15FN2O/c16-14-3-1-2-12(8-14)15(19)18-17-9-13-7-10-4-5-11(13)6-10/h1-5,8-11,13H,6-7H2,(H,18,19)/b17-9+. The van der Waals surface area contributed by atoms with Crippen LogP contribution in [0.2, 0.25) is 0 Å². The van der Waals surface area contributed by atoms with Crippen molar-refractivity contribution in [2.24, 2.45) is 22.9 Å². The van der Waals surface area contributed by atoms with Gasteiger partial charge in [-0.3, -0.25) is 4.79 Å². The van der Waals surface area contributed by atoms with Gasteiger partial charge >= 0.3 is 0 Å². The van der Waals surface area contributed by atoms with Crippen LogP contribution in [0.25, 0.3) is 0 Å². The second kappa shape index (κ2) is 4.96. The van der Waals surface area contributed by atoms with Crippen LogP contribution in [0, 0.1) is 23.6 Å². The second-order valence-electron chi connectivity index (χ2n) is 5.17. The lowest BCUT2D eigenvalue weighted by atomic mass is 9.95. The Morgan fingerprint density at radius 3 is 2.95 bits per heavy atom. The highest BCUT2D eigenvalue weighted by Gasteiger charge is 2.34. The third-order valence-electron chi connectivity index (χ3n) is 3.85. The predicted molar refractivity (Wildman–Crippen MR) is 71.2 cm³/mol. The van der Waals surface area contributed by atoms with E-state index in [9.17, 15) is 9.18 Å². The number of fused-ring (bicyclic) bond motifs is 2. The molecule has 3 atom stereocenters. The lowest BCUT2D eigenvalue weighted by molar-refractivity contribution is 0.0954. The molecule has 0 aromatic heterocycles. The Balaban J connectivity index is 1.57. The Morgan fingerprint density at radius 2 is 2.26 bits per heavy atom. The molecule has 1 aromatic rings. The van der Waals surface area contributed by atoms with Gasteiger partial charge in [0.05, 0.1) is 0 Å². The van der Waals surface area contributed by atoms with Crippen molar-refractivity contribution in [2.45, 2.75) is 12.8 Å². The lowest BCUT2D eigenvalue weighted by Crippen LogP contribution is -2.19. The van der Waals surface area contributed by atoms with Gasteiger partial charge in [-0.2, -0.15) is 5.10 Å². The van der Waals surface area contributed by atoms with Crippen LogP contribution in [0.1, 0.15) is 23.2 Å². The maximum absolute atomic E-state index is 13.0. The largest absolute Gasteiger partial charge is 0.271 e. The summed E-state index contributed by atoms with van der Waals surface area (Å²) in [6, 6.07) is 5.58. The predicted octanol–water partition coefficient (Wildman–Crippen LogP) is 2.75. The van der Waals surface area contributed by atoms with Crippen LogP contribution in [0.15, 0.2) is 41.5 Å². The number of carbonyl (C=O) groups is 1. The minimum Gasteiger partial charge on any atom is -0.267 e. The minimum absolute atomic E-state index is 0.282. The maximum Gasteiger partial charge on any atom is 0.271 e. The van der Waals surface area contributed by atoms with Crippen molar-refractivity contribution in [2.75, 3.05) is 0 Å². The first-order valence-electron chi connectivity index (χ1n) is 6.50. The van der Waals surface area contributed by atoms with Gasteiger partial charge in [-0.1, -0.05) is 18.2 Å². The smallest absolute Gasteiger partial charge is 0.267 e. The van der Waals surface area contributed by atoms with Crippen LogP contribution in [-0.4, -0.2) is 12.1 Å². The van der Waals surface area contributed by atoms with Gasteiger partial charge in [-0.15, -0.1) is 0 Å². The molecule has 98 valence electrons. The fourth-order valence-corrected chi connectivity index (χ4v) is 2.88. The maximum atomic E-state index is 13.0. The average Bonchev–Trinajstić information content (AvgIpc) is 3.01. The van der Waals surface area contributed by atoms with Crippen molar-refractivity contribution >= 4 is 12.1 Å². The van der Waals surface area contributed by atoms with Crippen molar-refractivity contribution in [3.63, 3.8) is 0 Å². The summed E-state index contributed by atoms with van der Waals surface area (Å²) < 4.78 is 13.0. The molecule has 0 aliphatic heterocycles. The van der Waals surface area contributed by atoms with E-state index < -0.39 is 5.82 Å². The van der Waals surface area contributed by atoms with Crippen LogP contribution < -0.4 is 5.43 Å². The van der Waals surface area contributed by atoms with Crippen molar-refractivity contribution in [1.82, 2.24) is 5.43 Å². The minimum atomic E-state index is -0.421. The van der Waals surface area contributed by atoms with Gasteiger partial charge in [0.1, 0.15) is 5.82 Å². The summed E-state index contributed by atoms with van der Waals surface area (Å²) >= 11 is 0. The number of benzene rings is 1. The molecule has 3 nitrogen and oxygen atoms in total. The molecule has 2 aliphatic carbocycles. The van der Waals surface area contributed by atoms with Gasteiger partial charge in [0.15, 0.2) is 0 Å². The molecule has 0 saturated heterocycles. The summed E-state index contributed by atoms with van der Waals surface area (Å²) in [7, 11) is 0. The molecule has 0 radical (unpaired) electrons. The molecule has 3 unspecified atom stereocenters. The monoisotopic (exact) mass is 258 g/mol. The van der Waals surface area contributed by atoms with Crippen LogP contribution in [0.4, 0.5) is 4.39 Å². The van der Waals surface area contributed by atoms with Gasteiger partial charge in [0.25, 0.3) is 5.91 Å². The van der Waals surface area contributed by atoms with E-state index in [0.717, 1.165) is 6.42 Å². The fraction of sp³-hybridized carbons (Fsp3) is 0.333. The van der Waals surface area contributed by atoms with Crippen LogP contribution >= 0.6 is 0 Å². The molecule has 1 aromatic carbocycles. The number of nitrogens with one attached hydrogen (secondary N) is 1. The summed E-state index contributed by atoms with van der Waals surface area (Å²) in [6.45, 7) is 0. The number of halogens is 1. The van der Waals surface area contributed by atoms with E-state index in [1.807, 2.05) is 6.21 Å². The summed E-state index contributed by atoms with van der Waals surface area (Å²) in [5.41, 5.74) is 2.73. The molecular formula is C15H15FN2O. The molecule has 1 N–H and O–H groups in total. The van der Waals surface area contributed by atoms with Crippen LogP contribution in [0.3, 0.4) is 0 Å². The molecule has 0 spiro atoms. The average molecular weight is 258 g/mol. The Labute approximate surface area is 111 Å². The zero-order valence-corrected chi connectivity index (χ0v) is 10.4. The number of nitrogens with zero attached hydrogens (tertiary/aromatic N) is 1. The number of carbonyl (C=O) groups excluding carboxylic acids is 1. The zero-order chi connectivity index (χ0) is 13.2. The van der Waals surface area contributed by atoms with Gasteiger partial charge in [0.2, 0.25) is 0 Å². The van der Waals surface area contributed by atoms with E-state index in [4.69, 9.17) is 0 Å². The third-order valence-corrected chi connectivity index (χ3v) is 3.85. The van der Waals surface area contributed by atoms with E-state index in [1.54, 1.807) is 6.07 Å². The first-order chi connectivity index (χ1) is 9.22. The third kappa shape index (κ3) is 2.57. The van der Waals surface area contributed by atoms with E-state index in [-0.39, 0.29) is 11.5 Å². The molecule has 1 amide bonds. The summed E-state index contributed by atoms with van der Waals surface area (Å²) in [5, 5.41) is 4.00. The number of allylic oxidation sites excluding steroid dienone is 2. The van der Waals surface area contributed by atoms with Gasteiger partial charge in [-0.25, -0.2) is 9.82 Å². The van der Waals surface area contributed by atoms with Gasteiger partial charge in [0, 0.05) is 17.7 Å². The summed E-state index contributed by atoms with van der Waals surface area (Å²) in [4.78, 5) is 11.7. The van der Waals surface area contributed by atoms with Crippen molar-refractivity contribution in [1.29, 1.82) is 0 Å². The molecule has 19 heavy (non-hydrogen) atoms. The molecule has 1 fully saturated rings. The lowest BCUT2D eigenvalue weighted by Gasteiger charge is -2.11. The highest BCUT2D eigenvalue weighted by atomic mass is 19.1. The Kier molecular flexibility index (Phi) is 3.15. The van der Waals surface area contributed by atoms with Gasteiger partial charge < -0.3 is 0 Å². The normalized spacial score (nSPS) is 28.2. The summed E-state index contributed by atoms with van der Waals surface area (Å²) in [5.74, 6) is 0.868. The number of hydrazone groups is 1. The Bertz CT molecular complexity index is 553. The van der Waals surface area contributed by atoms with E-state index in [2.05, 4.69) is 22.7 Å². The topological polar surface area (TPSA) is 41.5 Å². The van der Waals surface area contributed by atoms with E-state index >= 15 is 0 Å². The van der Waals surface area contributed by atoms with E-state index in [1.165, 1.54) is 24.6 Å². The van der Waals surface area contributed by atoms with Crippen molar-refractivity contribution in [3.8, 4) is 0 Å². The molecule has 2 aliphatic rings. The Morgan fingerprint density at radius 1 is 1.37 bits per heavy atom. The quantitative estimate of drug-likeness (QED) is 0.505. The SMILES string of the molecule is O=C(N/N=C/C1CC2C=CC1C2)c1cccc(F)c1. The van der Waals surface area contributed by atoms with Crippen LogP contribution in [0.5, 0.6) is 0 Å². The molecule has 3 rings (SSSR count). The van der Waals surface area contributed by atoms with Crippen LogP contribution in [-0.2, 0) is 0 Å². The summed E-state index contributed by atoms with van der Waals surface area (Å²) in [6.07, 6.45) is 8.62. The van der Waals surface area contributed by atoms with Crippen molar-refractivity contribution < 1.29 is 9.18 Å². The molecule has 4 heteroatoms. The fourth-order valence-electron chi connectivity index (χ4n) is 2.88. The highest BCUT2D eigenvalue weighted by molar-refractivity contribution is 5.94. The molecule has 0 heterocycles. The first kappa shape index (κ1) is 12.1. The first-order valence-corrected chi connectivity index (χ1v) is 6.50. The number of hydrogen-bond acceptors (Lipinski definition) is 2. The zero-order valence-electron chi connectivity index (χ0n) is 10.4. The molecular weight excluding hydrogens is 243 g/mol. The molecule has 2 bridgehead atoms.